The lowest BCUT2D eigenvalue weighted by Gasteiger charge is -2.11. The largest absolute Gasteiger partial charge is 0.466 e. The Morgan fingerprint density at radius 2 is 2.00 bits per heavy atom. The van der Waals surface area contributed by atoms with Crippen molar-refractivity contribution in [2.45, 2.75) is 45.1 Å². The van der Waals surface area contributed by atoms with Crippen molar-refractivity contribution in [3.63, 3.8) is 0 Å². The summed E-state index contributed by atoms with van der Waals surface area (Å²) in [6, 6.07) is 0.491. The molecule has 2 N–H and O–H groups in total. The molecule has 0 radical (unpaired) electrons. The third kappa shape index (κ3) is 6.26. The molecule has 17 heavy (non-hydrogen) atoms. The monoisotopic (exact) mass is 242 g/mol. The minimum Gasteiger partial charge on any atom is -0.466 e. The maximum atomic E-state index is 11.4. The molecule has 1 aliphatic rings. The average molecular weight is 242 g/mol. The van der Waals surface area contributed by atoms with Gasteiger partial charge in [0.25, 0.3) is 0 Å². The standard InChI is InChI=1S/C12H22N2O3/c1-2-17-12(16)7-8-13-11(15)9-14-10-5-3-4-6-10/h10,14H,2-9H2,1H3,(H,13,15). The Hall–Kier alpha value is -1.10. The predicted octanol–water partition coefficient (Wildman–Crippen LogP) is 0.588. The first-order chi connectivity index (χ1) is 8.22. The van der Waals surface area contributed by atoms with Crippen molar-refractivity contribution in [1.82, 2.24) is 10.6 Å². The second-order valence-corrected chi connectivity index (χ2v) is 4.27. The number of carbonyl (C=O) groups excluding carboxylic acids is 2. The van der Waals surface area contributed by atoms with Gasteiger partial charge in [-0.25, -0.2) is 0 Å². The molecule has 1 aliphatic carbocycles. The van der Waals surface area contributed by atoms with Gasteiger partial charge in [-0.1, -0.05) is 12.8 Å². The number of nitrogens with one attached hydrogen (secondary N) is 2. The molecule has 1 fully saturated rings. The SMILES string of the molecule is CCOC(=O)CCNC(=O)CNC1CCCC1. The van der Waals surface area contributed by atoms with Crippen LogP contribution in [0.25, 0.3) is 0 Å². The van der Waals surface area contributed by atoms with E-state index in [1.54, 1.807) is 6.92 Å². The zero-order chi connectivity index (χ0) is 12.5. The van der Waals surface area contributed by atoms with Crippen molar-refractivity contribution < 1.29 is 14.3 Å². The molecule has 0 aromatic heterocycles. The highest BCUT2D eigenvalue weighted by molar-refractivity contribution is 5.78. The van der Waals surface area contributed by atoms with Crippen molar-refractivity contribution in [3.05, 3.63) is 0 Å². The van der Waals surface area contributed by atoms with E-state index in [0.29, 0.717) is 25.7 Å². The quantitative estimate of drug-likeness (QED) is 0.641. The Bertz CT molecular complexity index is 250. The van der Waals surface area contributed by atoms with Gasteiger partial charge in [0.2, 0.25) is 5.91 Å². The van der Waals surface area contributed by atoms with Crippen LogP contribution < -0.4 is 10.6 Å². The zero-order valence-corrected chi connectivity index (χ0v) is 10.5. The second kappa shape index (κ2) is 8.06. The summed E-state index contributed by atoms with van der Waals surface area (Å²) in [4.78, 5) is 22.4. The van der Waals surface area contributed by atoms with Gasteiger partial charge in [-0.15, -0.1) is 0 Å². The Balaban J connectivity index is 1.98. The molecule has 0 aromatic carbocycles. The molecule has 0 spiro atoms. The molecule has 0 bridgehead atoms. The summed E-state index contributed by atoms with van der Waals surface area (Å²) in [6.45, 7) is 2.84. The normalized spacial score (nSPS) is 15.8. The van der Waals surface area contributed by atoms with Crippen LogP contribution in [-0.4, -0.2) is 37.6 Å². The highest BCUT2D eigenvalue weighted by Gasteiger charge is 2.15. The van der Waals surface area contributed by atoms with Gasteiger partial charge >= 0.3 is 5.97 Å². The number of hydrogen-bond donors (Lipinski definition) is 2. The van der Waals surface area contributed by atoms with Crippen LogP contribution in [0.4, 0.5) is 0 Å². The third-order valence-electron chi connectivity index (χ3n) is 2.86. The van der Waals surface area contributed by atoms with Crippen molar-refractivity contribution >= 4 is 11.9 Å². The molecule has 1 amide bonds. The summed E-state index contributed by atoms with van der Waals surface area (Å²) in [7, 11) is 0. The summed E-state index contributed by atoms with van der Waals surface area (Å²) in [5.41, 5.74) is 0. The molecule has 5 heteroatoms. The minimum atomic E-state index is -0.267. The molecule has 0 atom stereocenters. The van der Waals surface area contributed by atoms with Crippen LogP contribution in [0, 0.1) is 0 Å². The zero-order valence-electron chi connectivity index (χ0n) is 10.5. The number of rotatable bonds is 7. The molecule has 0 saturated heterocycles. The molecular weight excluding hydrogens is 220 g/mol. The van der Waals surface area contributed by atoms with Crippen LogP contribution in [0.1, 0.15) is 39.0 Å². The molecule has 0 heterocycles. The van der Waals surface area contributed by atoms with Crippen molar-refractivity contribution in [2.75, 3.05) is 19.7 Å². The van der Waals surface area contributed by atoms with Crippen LogP contribution in [0.2, 0.25) is 0 Å². The van der Waals surface area contributed by atoms with Gasteiger partial charge in [0.1, 0.15) is 0 Å². The average Bonchev–Trinajstić information content (AvgIpc) is 2.79. The maximum Gasteiger partial charge on any atom is 0.307 e. The van der Waals surface area contributed by atoms with E-state index in [-0.39, 0.29) is 18.3 Å². The number of carbonyl (C=O) groups is 2. The summed E-state index contributed by atoms with van der Waals surface area (Å²) in [6.07, 6.45) is 5.07. The van der Waals surface area contributed by atoms with Gasteiger partial charge in [0, 0.05) is 12.6 Å². The Labute approximate surface area is 102 Å². The van der Waals surface area contributed by atoms with Crippen LogP contribution in [0.5, 0.6) is 0 Å². The highest BCUT2D eigenvalue weighted by atomic mass is 16.5. The Morgan fingerprint density at radius 1 is 1.29 bits per heavy atom. The Morgan fingerprint density at radius 3 is 2.65 bits per heavy atom. The highest BCUT2D eigenvalue weighted by Crippen LogP contribution is 2.17. The first kappa shape index (κ1) is 14.0. The van der Waals surface area contributed by atoms with Gasteiger partial charge in [-0.2, -0.15) is 0 Å². The van der Waals surface area contributed by atoms with E-state index in [9.17, 15) is 9.59 Å². The van der Waals surface area contributed by atoms with E-state index < -0.39 is 0 Å². The fourth-order valence-corrected chi connectivity index (χ4v) is 1.97. The molecule has 98 valence electrons. The lowest BCUT2D eigenvalue weighted by Crippen LogP contribution is -2.38. The van der Waals surface area contributed by atoms with E-state index in [4.69, 9.17) is 4.74 Å². The molecule has 0 aromatic rings. The molecule has 1 rings (SSSR count). The van der Waals surface area contributed by atoms with E-state index in [1.807, 2.05) is 0 Å². The first-order valence-electron chi connectivity index (χ1n) is 6.38. The van der Waals surface area contributed by atoms with Crippen LogP contribution >= 0.6 is 0 Å². The van der Waals surface area contributed by atoms with E-state index in [1.165, 1.54) is 12.8 Å². The molecule has 5 nitrogen and oxygen atoms in total. The first-order valence-corrected chi connectivity index (χ1v) is 6.38. The summed E-state index contributed by atoms with van der Waals surface area (Å²) < 4.78 is 4.76. The van der Waals surface area contributed by atoms with Crippen molar-refractivity contribution in [1.29, 1.82) is 0 Å². The van der Waals surface area contributed by atoms with Gasteiger partial charge in [0.05, 0.1) is 19.6 Å². The number of esters is 1. The van der Waals surface area contributed by atoms with Gasteiger partial charge in [-0.3, -0.25) is 9.59 Å². The smallest absolute Gasteiger partial charge is 0.307 e. The van der Waals surface area contributed by atoms with E-state index >= 15 is 0 Å². The fourth-order valence-electron chi connectivity index (χ4n) is 1.97. The van der Waals surface area contributed by atoms with Gasteiger partial charge in [0.15, 0.2) is 0 Å². The van der Waals surface area contributed by atoms with Crippen LogP contribution in [-0.2, 0) is 14.3 Å². The summed E-state index contributed by atoms with van der Waals surface area (Å²) in [5.74, 6) is -0.322. The molecule has 0 aliphatic heterocycles. The number of amides is 1. The van der Waals surface area contributed by atoms with Gasteiger partial charge in [-0.05, 0) is 19.8 Å². The lowest BCUT2D eigenvalue weighted by atomic mass is 10.2. The van der Waals surface area contributed by atoms with E-state index in [2.05, 4.69) is 10.6 Å². The van der Waals surface area contributed by atoms with Crippen molar-refractivity contribution in [3.8, 4) is 0 Å². The fraction of sp³-hybridized carbons (Fsp3) is 0.833. The van der Waals surface area contributed by atoms with Crippen LogP contribution in [0.15, 0.2) is 0 Å². The topological polar surface area (TPSA) is 67.4 Å². The minimum absolute atomic E-state index is 0.0544. The van der Waals surface area contributed by atoms with Gasteiger partial charge < -0.3 is 15.4 Å². The van der Waals surface area contributed by atoms with Crippen molar-refractivity contribution in [2.24, 2.45) is 0 Å². The molecular formula is C12H22N2O3. The summed E-state index contributed by atoms with van der Waals surface area (Å²) >= 11 is 0. The third-order valence-corrected chi connectivity index (χ3v) is 2.86. The second-order valence-electron chi connectivity index (χ2n) is 4.27. The number of hydrogen-bond acceptors (Lipinski definition) is 4. The summed E-state index contributed by atoms with van der Waals surface area (Å²) in [5, 5.41) is 5.91. The van der Waals surface area contributed by atoms with E-state index in [0.717, 1.165) is 12.8 Å². The van der Waals surface area contributed by atoms with Crippen LogP contribution in [0.3, 0.4) is 0 Å². The molecule has 1 saturated carbocycles. The Kier molecular flexibility index (Phi) is 6.62. The maximum absolute atomic E-state index is 11.4. The lowest BCUT2D eigenvalue weighted by molar-refractivity contribution is -0.143. The predicted molar refractivity (Wildman–Crippen MR) is 64.5 cm³/mol. The molecule has 0 unspecified atom stereocenters. The number of ether oxygens (including phenoxy) is 1.